The van der Waals surface area contributed by atoms with Crippen LogP contribution >= 0.6 is 0 Å². The maximum absolute atomic E-state index is 9.98. The van der Waals surface area contributed by atoms with Crippen LogP contribution in [0.2, 0.25) is 0 Å². The van der Waals surface area contributed by atoms with Crippen LogP contribution in [0.1, 0.15) is 6.42 Å². The van der Waals surface area contributed by atoms with Gasteiger partial charge in [0.15, 0.2) is 5.82 Å². The zero-order valence-electron chi connectivity index (χ0n) is 11.8. The first-order valence-electron chi connectivity index (χ1n) is 7.21. The maximum Gasteiger partial charge on any atom is 0.151 e. The summed E-state index contributed by atoms with van der Waals surface area (Å²) < 4.78 is 0. The minimum Gasteiger partial charge on any atom is -0.396 e. The van der Waals surface area contributed by atoms with E-state index in [1.807, 2.05) is 47.4 Å². The monoisotopic (exact) mass is 285 g/mol. The summed E-state index contributed by atoms with van der Waals surface area (Å²) in [4.78, 5) is 2.01. The molecule has 5 nitrogen and oxygen atoms in total. The topological polar surface area (TPSA) is 69.5 Å². The number of rotatable bonds is 3. The van der Waals surface area contributed by atoms with Gasteiger partial charge >= 0.3 is 0 Å². The van der Waals surface area contributed by atoms with Gasteiger partial charge in [0.25, 0.3) is 0 Å². The highest BCUT2D eigenvalue weighted by atomic mass is 16.3. The number of benzene rings is 1. The lowest BCUT2D eigenvalue weighted by Gasteiger charge is -2.35. The average Bonchev–Trinajstić information content (AvgIpc) is 2.56. The van der Waals surface area contributed by atoms with Crippen molar-refractivity contribution in [2.45, 2.75) is 12.5 Å². The molecule has 0 unspecified atom stereocenters. The Bertz CT molecular complexity index is 574. The summed E-state index contributed by atoms with van der Waals surface area (Å²) in [6.07, 6.45) is 0.249. The first-order valence-corrected chi connectivity index (χ1v) is 7.21. The Labute approximate surface area is 123 Å². The Hall–Kier alpha value is -1.98. The molecule has 0 spiro atoms. The third-order valence-electron chi connectivity index (χ3n) is 4.00. The summed E-state index contributed by atoms with van der Waals surface area (Å²) in [6, 6.07) is 13.8. The Kier molecular flexibility index (Phi) is 4.13. The number of aromatic nitrogens is 2. The van der Waals surface area contributed by atoms with Gasteiger partial charge in [-0.15, -0.1) is 10.2 Å². The fraction of sp³-hybridized carbons (Fsp3) is 0.375. The third-order valence-corrected chi connectivity index (χ3v) is 4.00. The first-order chi connectivity index (χ1) is 10.3. The van der Waals surface area contributed by atoms with Gasteiger partial charge in [0.2, 0.25) is 0 Å². The highest BCUT2D eigenvalue weighted by molar-refractivity contribution is 5.59. The van der Waals surface area contributed by atoms with Gasteiger partial charge in [0, 0.05) is 31.2 Å². The second-order valence-corrected chi connectivity index (χ2v) is 5.39. The normalized spacial score (nSPS) is 22.3. The molecule has 2 aromatic rings. The van der Waals surface area contributed by atoms with Crippen molar-refractivity contribution in [1.82, 2.24) is 10.2 Å². The van der Waals surface area contributed by atoms with Crippen molar-refractivity contribution in [1.29, 1.82) is 0 Å². The van der Waals surface area contributed by atoms with Crippen molar-refractivity contribution in [2.24, 2.45) is 5.92 Å². The predicted octanol–water partition coefficient (Wildman–Crippen LogP) is 1.32. The second-order valence-electron chi connectivity index (χ2n) is 5.39. The molecule has 2 atom stereocenters. The van der Waals surface area contributed by atoms with Crippen LogP contribution in [-0.2, 0) is 0 Å². The molecular formula is C16H19N3O2. The molecule has 1 aromatic carbocycles. The average molecular weight is 285 g/mol. The molecule has 1 aliphatic rings. The molecular weight excluding hydrogens is 266 g/mol. The lowest BCUT2D eigenvalue weighted by Crippen LogP contribution is -2.45. The smallest absolute Gasteiger partial charge is 0.151 e. The van der Waals surface area contributed by atoms with Crippen molar-refractivity contribution >= 4 is 5.82 Å². The van der Waals surface area contributed by atoms with Crippen LogP contribution < -0.4 is 4.90 Å². The lowest BCUT2D eigenvalue weighted by molar-refractivity contribution is 0.0545. The van der Waals surface area contributed by atoms with Crippen LogP contribution in [0.25, 0.3) is 11.3 Å². The van der Waals surface area contributed by atoms with E-state index in [4.69, 9.17) is 0 Å². The summed E-state index contributed by atoms with van der Waals surface area (Å²) in [5, 5.41) is 27.7. The largest absolute Gasteiger partial charge is 0.396 e. The van der Waals surface area contributed by atoms with E-state index in [9.17, 15) is 10.2 Å². The summed E-state index contributed by atoms with van der Waals surface area (Å²) in [5.41, 5.74) is 1.88. The molecule has 0 radical (unpaired) electrons. The molecule has 0 bridgehead atoms. The van der Waals surface area contributed by atoms with E-state index in [1.165, 1.54) is 0 Å². The first kappa shape index (κ1) is 14.0. The molecule has 1 fully saturated rings. The number of nitrogens with zero attached hydrogens (tertiary/aromatic N) is 3. The van der Waals surface area contributed by atoms with Gasteiger partial charge in [-0.1, -0.05) is 30.3 Å². The van der Waals surface area contributed by atoms with Gasteiger partial charge in [0.05, 0.1) is 11.8 Å². The molecule has 0 aliphatic carbocycles. The van der Waals surface area contributed by atoms with Crippen LogP contribution in [0.4, 0.5) is 5.82 Å². The number of aliphatic hydroxyl groups excluding tert-OH is 2. The van der Waals surface area contributed by atoms with Gasteiger partial charge in [-0.2, -0.15) is 0 Å². The van der Waals surface area contributed by atoms with Crippen molar-refractivity contribution < 1.29 is 10.2 Å². The summed E-state index contributed by atoms with van der Waals surface area (Å²) >= 11 is 0. The Morgan fingerprint density at radius 1 is 1.10 bits per heavy atom. The number of anilines is 1. The van der Waals surface area contributed by atoms with Gasteiger partial charge in [-0.25, -0.2) is 0 Å². The molecule has 2 heterocycles. The Morgan fingerprint density at radius 2 is 1.90 bits per heavy atom. The molecule has 1 aliphatic heterocycles. The predicted molar refractivity (Wildman–Crippen MR) is 80.9 cm³/mol. The van der Waals surface area contributed by atoms with E-state index in [2.05, 4.69) is 10.2 Å². The van der Waals surface area contributed by atoms with E-state index >= 15 is 0 Å². The van der Waals surface area contributed by atoms with Gasteiger partial charge < -0.3 is 15.1 Å². The van der Waals surface area contributed by atoms with Gasteiger partial charge in [-0.05, 0) is 18.6 Å². The van der Waals surface area contributed by atoms with Crippen molar-refractivity contribution in [3.8, 4) is 11.3 Å². The van der Waals surface area contributed by atoms with Crippen LogP contribution in [0, 0.1) is 5.92 Å². The van der Waals surface area contributed by atoms with E-state index in [0.717, 1.165) is 30.0 Å². The molecule has 2 N–H and O–H groups in total. The van der Waals surface area contributed by atoms with Gasteiger partial charge in [-0.3, -0.25) is 0 Å². The standard InChI is InChI=1S/C16H19N3O2/c20-11-13-8-9-19(10-15(13)21)16-7-6-14(17-18-16)12-4-2-1-3-5-12/h1-7,13,15,20-21H,8-11H2/t13-,15+/m0/s1. The van der Waals surface area contributed by atoms with Crippen molar-refractivity contribution in [3.05, 3.63) is 42.5 Å². The number of hydrogen-bond acceptors (Lipinski definition) is 5. The van der Waals surface area contributed by atoms with Crippen LogP contribution in [-0.4, -0.2) is 46.2 Å². The Balaban J connectivity index is 1.73. The molecule has 0 saturated carbocycles. The van der Waals surface area contributed by atoms with E-state index in [0.29, 0.717) is 6.54 Å². The van der Waals surface area contributed by atoms with Gasteiger partial charge in [0.1, 0.15) is 0 Å². The van der Waals surface area contributed by atoms with E-state index < -0.39 is 6.10 Å². The van der Waals surface area contributed by atoms with Crippen LogP contribution in [0.3, 0.4) is 0 Å². The summed E-state index contributed by atoms with van der Waals surface area (Å²) in [6.45, 7) is 1.31. The molecule has 110 valence electrons. The zero-order chi connectivity index (χ0) is 14.7. The van der Waals surface area contributed by atoms with E-state index in [-0.39, 0.29) is 12.5 Å². The number of aliphatic hydroxyl groups is 2. The summed E-state index contributed by atoms with van der Waals surface area (Å²) in [7, 11) is 0. The number of piperidine rings is 1. The second kappa shape index (κ2) is 6.20. The molecule has 21 heavy (non-hydrogen) atoms. The highest BCUT2D eigenvalue weighted by Gasteiger charge is 2.27. The quantitative estimate of drug-likeness (QED) is 0.890. The fourth-order valence-corrected chi connectivity index (χ4v) is 2.66. The molecule has 5 heteroatoms. The van der Waals surface area contributed by atoms with Crippen molar-refractivity contribution in [3.63, 3.8) is 0 Å². The minimum atomic E-state index is -0.514. The van der Waals surface area contributed by atoms with E-state index in [1.54, 1.807) is 0 Å². The minimum absolute atomic E-state index is 0.0298. The highest BCUT2D eigenvalue weighted by Crippen LogP contribution is 2.23. The number of hydrogen-bond donors (Lipinski definition) is 2. The Morgan fingerprint density at radius 3 is 2.52 bits per heavy atom. The zero-order valence-corrected chi connectivity index (χ0v) is 11.8. The van der Waals surface area contributed by atoms with Crippen LogP contribution in [0.15, 0.2) is 42.5 Å². The lowest BCUT2D eigenvalue weighted by atomic mass is 9.95. The number of β-amino-alcohol motifs (C(OH)–C–C–N with tert-alkyl or cyclic N) is 1. The fourth-order valence-electron chi connectivity index (χ4n) is 2.66. The van der Waals surface area contributed by atoms with Crippen molar-refractivity contribution in [2.75, 3.05) is 24.6 Å². The summed E-state index contributed by atoms with van der Waals surface area (Å²) in [5.74, 6) is 0.739. The molecule has 3 rings (SSSR count). The third kappa shape index (κ3) is 3.04. The molecule has 0 amide bonds. The maximum atomic E-state index is 9.98. The molecule has 1 aromatic heterocycles. The molecule has 1 saturated heterocycles. The van der Waals surface area contributed by atoms with Crippen LogP contribution in [0.5, 0.6) is 0 Å². The SMILES string of the molecule is OC[C@@H]1CCN(c2ccc(-c3ccccc3)nn2)C[C@H]1O.